The Labute approximate surface area is 122 Å². The van der Waals surface area contributed by atoms with Gasteiger partial charge >= 0.3 is 0 Å². The Morgan fingerprint density at radius 1 is 1.33 bits per heavy atom. The summed E-state index contributed by atoms with van der Waals surface area (Å²) in [6.45, 7) is 1.09. The number of rotatable bonds is 2. The highest BCUT2D eigenvalue weighted by atomic mass is 16.2. The number of aromatic nitrogens is 3. The summed E-state index contributed by atoms with van der Waals surface area (Å²) in [4.78, 5) is 26.6. The minimum absolute atomic E-state index is 0.0758. The highest BCUT2D eigenvalue weighted by Crippen LogP contribution is 2.23. The molecule has 1 saturated heterocycles. The zero-order chi connectivity index (χ0) is 14.7. The Kier molecular flexibility index (Phi) is 3.56. The van der Waals surface area contributed by atoms with E-state index in [4.69, 9.17) is 5.26 Å². The molecule has 0 unspecified atom stereocenters. The van der Waals surface area contributed by atoms with Crippen LogP contribution in [0, 0.1) is 17.2 Å². The minimum atomic E-state index is -0.102. The molecule has 21 heavy (non-hydrogen) atoms. The van der Waals surface area contributed by atoms with Gasteiger partial charge in [0.25, 0.3) is 5.91 Å². The lowest BCUT2D eigenvalue weighted by molar-refractivity contribution is 0.0790. The number of likely N-dealkylation sites (tertiary alicyclic amines) is 1. The van der Waals surface area contributed by atoms with Gasteiger partial charge in [-0.3, -0.25) is 9.78 Å². The van der Waals surface area contributed by atoms with Crippen molar-refractivity contribution in [1.82, 2.24) is 19.9 Å². The Morgan fingerprint density at radius 2 is 2.24 bits per heavy atom. The molecule has 1 fully saturated rings. The molecule has 2 aromatic rings. The molecule has 0 aromatic carbocycles. The zero-order valence-electron chi connectivity index (χ0n) is 11.3. The Morgan fingerprint density at radius 3 is 2.95 bits per heavy atom. The predicted molar refractivity (Wildman–Crippen MR) is 74.9 cm³/mol. The molecule has 0 aliphatic carbocycles. The zero-order valence-corrected chi connectivity index (χ0v) is 11.3. The number of hydrogen-bond acceptors (Lipinski definition) is 5. The molecule has 1 aliphatic heterocycles. The van der Waals surface area contributed by atoms with Crippen molar-refractivity contribution >= 4 is 5.91 Å². The van der Waals surface area contributed by atoms with Crippen molar-refractivity contribution in [2.24, 2.45) is 5.92 Å². The van der Waals surface area contributed by atoms with E-state index in [1.54, 1.807) is 35.5 Å². The first-order chi connectivity index (χ1) is 10.3. The van der Waals surface area contributed by atoms with Crippen molar-refractivity contribution in [3.8, 4) is 17.5 Å². The van der Waals surface area contributed by atoms with Gasteiger partial charge in [0.2, 0.25) is 0 Å². The minimum Gasteiger partial charge on any atom is -0.337 e. The van der Waals surface area contributed by atoms with Crippen molar-refractivity contribution in [3.05, 3.63) is 42.5 Å². The maximum atomic E-state index is 12.6. The summed E-state index contributed by atoms with van der Waals surface area (Å²) in [6, 6.07) is 7.41. The van der Waals surface area contributed by atoms with Crippen LogP contribution in [0.4, 0.5) is 0 Å². The molecular weight excluding hydrogens is 266 g/mol. The molecule has 6 heteroatoms. The lowest BCUT2D eigenvalue weighted by Crippen LogP contribution is -2.29. The van der Waals surface area contributed by atoms with Gasteiger partial charge in [-0.25, -0.2) is 9.97 Å². The van der Waals surface area contributed by atoms with Crippen LogP contribution in [0.2, 0.25) is 0 Å². The van der Waals surface area contributed by atoms with Crippen LogP contribution in [0.1, 0.15) is 16.8 Å². The molecular formula is C15H13N5O. The smallest absolute Gasteiger partial charge is 0.256 e. The van der Waals surface area contributed by atoms with Crippen molar-refractivity contribution < 1.29 is 4.79 Å². The maximum absolute atomic E-state index is 12.6. The second-order valence-corrected chi connectivity index (χ2v) is 4.86. The van der Waals surface area contributed by atoms with Gasteiger partial charge < -0.3 is 4.90 Å². The number of pyridine rings is 1. The normalized spacial score (nSPS) is 17.5. The maximum Gasteiger partial charge on any atom is 0.256 e. The second-order valence-electron chi connectivity index (χ2n) is 4.86. The molecule has 0 N–H and O–H groups in total. The average molecular weight is 279 g/mol. The molecule has 3 heterocycles. The summed E-state index contributed by atoms with van der Waals surface area (Å²) >= 11 is 0. The van der Waals surface area contributed by atoms with E-state index < -0.39 is 0 Å². The van der Waals surface area contributed by atoms with Crippen LogP contribution in [-0.4, -0.2) is 38.8 Å². The Balaban J connectivity index is 1.93. The average Bonchev–Trinajstić information content (AvgIpc) is 3.04. The number of nitrogens with zero attached hydrogens (tertiary/aromatic N) is 5. The summed E-state index contributed by atoms with van der Waals surface area (Å²) in [5.74, 6) is -0.178. The molecule has 0 saturated carbocycles. The van der Waals surface area contributed by atoms with E-state index in [-0.39, 0.29) is 11.8 Å². The van der Waals surface area contributed by atoms with Crippen LogP contribution < -0.4 is 0 Å². The molecule has 1 atom stereocenters. The third kappa shape index (κ3) is 2.58. The Hall–Kier alpha value is -2.81. The van der Waals surface area contributed by atoms with Gasteiger partial charge in [-0.2, -0.15) is 5.26 Å². The van der Waals surface area contributed by atoms with Gasteiger partial charge in [0.1, 0.15) is 12.0 Å². The van der Waals surface area contributed by atoms with Crippen molar-refractivity contribution in [3.63, 3.8) is 0 Å². The standard InChI is InChI=1S/C15H13N5O/c16-8-11-4-7-20(9-11)15(21)12-2-1-5-18-14(12)13-3-6-17-10-19-13/h1-3,5-6,10-11H,4,7,9H2/t11-/m0/s1. The number of amides is 1. The number of nitriles is 1. The van der Waals surface area contributed by atoms with Crippen LogP contribution in [0.5, 0.6) is 0 Å². The Bertz CT molecular complexity index is 695. The summed E-state index contributed by atoms with van der Waals surface area (Å²) in [7, 11) is 0. The first-order valence-corrected chi connectivity index (χ1v) is 6.70. The fourth-order valence-corrected chi connectivity index (χ4v) is 2.43. The van der Waals surface area contributed by atoms with Gasteiger partial charge in [0.05, 0.1) is 23.2 Å². The van der Waals surface area contributed by atoms with Crippen LogP contribution in [0.3, 0.4) is 0 Å². The van der Waals surface area contributed by atoms with Gasteiger partial charge in [-0.1, -0.05) is 0 Å². The van der Waals surface area contributed by atoms with E-state index in [0.29, 0.717) is 30.0 Å². The van der Waals surface area contributed by atoms with E-state index in [0.717, 1.165) is 6.42 Å². The highest BCUT2D eigenvalue weighted by molar-refractivity contribution is 5.99. The van der Waals surface area contributed by atoms with Crippen LogP contribution >= 0.6 is 0 Å². The monoisotopic (exact) mass is 279 g/mol. The topological polar surface area (TPSA) is 82.8 Å². The predicted octanol–water partition coefficient (Wildman–Crippen LogP) is 1.52. The quantitative estimate of drug-likeness (QED) is 0.832. The summed E-state index contributed by atoms with van der Waals surface area (Å²) < 4.78 is 0. The van der Waals surface area contributed by atoms with Crippen LogP contribution in [-0.2, 0) is 0 Å². The first kappa shape index (κ1) is 13.2. The fourth-order valence-electron chi connectivity index (χ4n) is 2.43. The molecule has 104 valence electrons. The van der Waals surface area contributed by atoms with E-state index in [2.05, 4.69) is 21.0 Å². The van der Waals surface area contributed by atoms with Gasteiger partial charge in [-0.15, -0.1) is 0 Å². The lowest BCUT2D eigenvalue weighted by atomic mass is 10.1. The number of carbonyl (C=O) groups excluding carboxylic acids is 1. The van der Waals surface area contributed by atoms with Crippen molar-refractivity contribution in [1.29, 1.82) is 5.26 Å². The third-order valence-electron chi connectivity index (χ3n) is 3.52. The first-order valence-electron chi connectivity index (χ1n) is 6.70. The molecule has 6 nitrogen and oxygen atoms in total. The number of carbonyl (C=O) groups is 1. The fraction of sp³-hybridized carbons (Fsp3) is 0.267. The summed E-state index contributed by atoms with van der Waals surface area (Å²) in [5, 5.41) is 8.95. The van der Waals surface area contributed by atoms with Crippen molar-refractivity contribution in [2.45, 2.75) is 6.42 Å². The second kappa shape index (κ2) is 5.67. The van der Waals surface area contributed by atoms with Gasteiger partial charge in [0.15, 0.2) is 0 Å². The summed E-state index contributed by atoms with van der Waals surface area (Å²) in [6.07, 6.45) is 5.41. The molecule has 0 bridgehead atoms. The molecule has 3 rings (SSSR count). The van der Waals surface area contributed by atoms with Crippen LogP contribution in [0.15, 0.2) is 36.9 Å². The molecule has 2 aromatic heterocycles. The largest absolute Gasteiger partial charge is 0.337 e. The molecule has 0 spiro atoms. The molecule has 1 aliphatic rings. The van der Waals surface area contributed by atoms with E-state index in [9.17, 15) is 4.79 Å². The lowest BCUT2D eigenvalue weighted by Gasteiger charge is -2.17. The van der Waals surface area contributed by atoms with Crippen molar-refractivity contribution in [2.75, 3.05) is 13.1 Å². The van der Waals surface area contributed by atoms with E-state index in [1.807, 2.05) is 0 Å². The third-order valence-corrected chi connectivity index (χ3v) is 3.52. The highest BCUT2D eigenvalue weighted by Gasteiger charge is 2.28. The number of hydrogen-bond donors (Lipinski definition) is 0. The van der Waals surface area contributed by atoms with Crippen LogP contribution in [0.25, 0.3) is 11.4 Å². The van der Waals surface area contributed by atoms with E-state index >= 15 is 0 Å². The van der Waals surface area contributed by atoms with Gasteiger partial charge in [0, 0.05) is 25.5 Å². The van der Waals surface area contributed by atoms with Gasteiger partial charge in [-0.05, 0) is 24.6 Å². The summed E-state index contributed by atoms with van der Waals surface area (Å²) in [5.41, 5.74) is 1.67. The van der Waals surface area contributed by atoms with E-state index in [1.165, 1.54) is 6.33 Å². The SMILES string of the molecule is N#C[C@@H]1CCN(C(=O)c2cccnc2-c2ccncn2)C1. The molecule has 1 amide bonds. The molecule has 0 radical (unpaired) electrons.